The zero-order valence-corrected chi connectivity index (χ0v) is 22.1. The summed E-state index contributed by atoms with van der Waals surface area (Å²) in [5, 5.41) is 2.74. The number of alkyl halides is 3. The Kier molecular flexibility index (Phi) is 8.77. The summed E-state index contributed by atoms with van der Waals surface area (Å²) in [5.74, 6) is -1.47. The molecule has 12 heteroatoms. The fourth-order valence-corrected chi connectivity index (χ4v) is 4.90. The predicted octanol–water partition coefficient (Wildman–Crippen LogP) is 4.21. The highest BCUT2D eigenvalue weighted by molar-refractivity contribution is 5.95. The molecule has 8 nitrogen and oxygen atoms in total. The molecule has 0 spiro atoms. The van der Waals surface area contributed by atoms with Gasteiger partial charge in [-0.25, -0.2) is 14.0 Å². The maximum atomic E-state index is 13.6. The zero-order chi connectivity index (χ0) is 29.0. The largest absolute Gasteiger partial charge is 0.463 e. The van der Waals surface area contributed by atoms with Crippen LogP contribution in [0.15, 0.2) is 59.8 Å². The normalized spacial score (nSPS) is 18.6. The lowest BCUT2D eigenvalue weighted by atomic mass is 9.93. The Labute approximate surface area is 229 Å². The van der Waals surface area contributed by atoms with E-state index in [1.807, 2.05) is 4.90 Å². The fraction of sp³-hybridized carbons (Fsp3) is 0.393. The molecule has 1 N–H and O–H groups in total. The average molecular weight is 563 g/mol. The molecule has 4 rings (SSSR count). The second-order valence-corrected chi connectivity index (χ2v) is 9.41. The number of carbonyl (C=O) groups is 3. The van der Waals surface area contributed by atoms with Gasteiger partial charge < -0.3 is 15.0 Å². The third kappa shape index (κ3) is 6.27. The summed E-state index contributed by atoms with van der Waals surface area (Å²) in [7, 11) is 0. The lowest BCUT2D eigenvalue weighted by Crippen LogP contribution is -2.53. The molecule has 214 valence electrons. The molecule has 1 fully saturated rings. The quantitative estimate of drug-likeness (QED) is 0.404. The number of nitrogens with zero attached hydrogens (tertiary/aromatic N) is 3. The van der Waals surface area contributed by atoms with Crippen molar-refractivity contribution in [2.24, 2.45) is 0 Å². The van der Waals surface area contributed by atoms with Crippen LogP contribution in [0.4, 0.5) is 22.4 Å². The van der Waals surface area contributed by atoms with E-state index in [1.165, 1.54) is 35.2 Å². The molecule has 0 saturated carbocycles. The van der Waals surface area contributed by atoms with Crippen molar-refractivity contribution >= 4 is 17.9 Å². The fourth-order valence-electron chi connectivity index (χ4n) is 4.90. The van der Waals surface area contributed by atoms with Crippen LogP contribution in [0.2, 0.25) is 0 Å². The Morgan fingerprint density at radius 3 is 2.27 bits per heavy atom. The third-order valence-corrected chi connectivity index (χ3v) is 6.93. The van der Waals surface area contributed by atoms with E-state index >= 15 is 0 Å². The molecule has 0 unspecified atom stereocenters. The molecule has 1 atom stereocenters. The summed E-state index contributed by atoms with van der Waals surface area (Å²) < 4.78 is 58.3. The van der Waals surface area contributed by atoms with Crippen molar-refractivity contribution in [3.8, 4) is 0 Å². The van der Waals surface area contributed by atoms with E-state index in [4.69, 9.17) is 4.74 Å². The molecule has 3 amide bonds. The van der Waals surface area contributed by atoms with Gasteiger partial charge in [0, 0.05) is 50.5 Å². The van der Waals surface area contributed by atoms with Crippen molar-refractivity contribution in [2.45, 2.75) is 26.1 Å². The first-order chi connectivity index (χ1) is 19.0. The monoisotopic (exact) mass is 562 g/mol. The van der Waals surface area contributed by atoms with Crippen molar-refractivity contribution in [3.05, 3.63) is 82.3 Å². The van der Waals surface area contributed by atoms with Crippen LogP contribution in [0.25, 0.3) is 0 Å². The van der Waals surface area contributed by atoms with Crippen LogP contribution in [0, 0.1) is 5.82 Å². The molecule has 0 radical (unpaired) electrons. The lowest BCUT2D eigenvalue weighted by Gasteiger charge is -2.40. The molecular weight excluding hydrogens is 532 g/mol. The smallest absolute Gasteiger partial charge is 0.416 e. The maximum absolute atomic E-state index is 13.6. The Morgan fingerprint density at radius 2 is 1.70 bits per heavy atom. The van der Waals surface area contributed by atoms with E-state index in [0.29, 0.717) is 37.4 Å². The highest BCUT2D eigenvalue weighted by Crippen LogP contribution is 2.35. The van der Waals surface area contributed by atoms with Crippen LogP contribution in [0.1, 0.15) is 41.4 Å². The van der Waals surface area contributed by atoms with Gasteiger partial charge in [-0.15, -0.1) is 0 Å². The van der Waals surface area contributed by atoms with Gasteiger partial charge in [-0.3, -0.25) is 14.6 Å². The van der Waals surface area contributed by atoms with Gasteiger partial charge in [0.05, 0.1) is 23.8 Å². The predicted molar refractivity (Wildman–Crippen MR) is 137 cm³/mol. The number of nitrogens with one attached hydrogen (secondary N) is 1. The van der Waals surface area contributed by atoms with Crippen molar-refractivity contribution in [2.75, 3.05) is 45.9 Å². The molecule has 2 heterocycles. The second kappa shape index (κ2) is 12.1. The summed E-state index contributed by atoms with van der Waals surface area (Å²) in [6, 6.07) is 8.27. The van der Waals surface area contributed by atoms with E-state index in [0.717, 1.165) is 12.1 Å². The van der Waals surface area contributed by atoms with Gasteiger partial charge in [-0.1, -0.05) is 18.2 Å². The SMILES string of the molecule is CCOC(=O)C1=C(CN2CCN(C(=O)c3cccc(F)c3)CC2)N(CC)C(=O)N[C@@H]1c1ccc(C(F)(F)F)cc1. The molecule has 2 aromatic carbocycles. The first-order valence-corrected chi connectivity index (χ1v) is 13.0. The van der Waals surface area contributed by atoms with Crippen LogP contribution in [0.3, 0.4) is 0 Å². The minimum absolute atomic E-state index is 0.0658. The maximum Gasteiger partial charge on any atom is 0.416 e. The van der Waals surface area contributed by atoms with Gasteiger partial charge in [0.2, 0.25) is 0 Å². The molecule has 2 aliphatic heterocycles. The highest BCUT2D eigenvalue weighted by atomic mass is 19.4. The van der Waals surface area contributed by atoms with Crippen molar-refractivity contribution in [1.29, 1.82) is 0 Å². The number of urea groups is 1. The molecule has 40 heavy (non-hydrogen) atoms. The number of esters is 1. The lowest BCUT2D eigenvalue weighted by molar-refractivity contribution is -0.139. The number of halogens is 4. The third-order valence-electron chi connectivity index (χ3n) is 6.93. The van der Waals surface area contributed by atoms with Crippen LogP contribution in [-0.4, -0.2) is 78.5 Å². The number of hydrogen-bond acceptors (Lipinski definition) is 5. The number of hydrogen-bond donors (Lipinski definition) is 1. The van der Waals surface area contributed by atoms with Crippen LogP contribution >= 0.6 is 0 Å². The number of carbonyl (C=O) groups excluding carboxylic acids is 3. The van der Waals surface area contributed by atoms with Crippen LogP contribution in [-0.2, 0) is 15.7 Å². The molecule has 1 saturated heterocycles. The number of ether oxygens (including phenoxy) is 1. The van der Waals surface area contributed by atoms with Crippen LogP contribution < -0.4 is 5.32 Å². The topological polar surface area (TPSA) is 82.2 Å². The van der Waals surface area contributed by atoms with Gasteiger partial charge in [-0.05, 0) is 49.7 Å². The van der Waals surface area contributed by atoms with Crippen molar-refractivity contribution in [3.63, 3.8) is 0 Å². The number of benzene rings is 2. The molecule has 0 aromatic heterocycles. The van der Waals surface area contributed by atoms with E-state index in [1.54, 1.807) is 24.8 Å². The number of amides is 3. The molecule has 0 aliphatic carbocycles. The van der Waals surface area contributed by atoms with Gasteiger partial charge in [0.25, 0.3) is 5.91 Å². The van der Waals surface area contributed by atoms with E-state index < -0.39 is 35.6 Å². The van der Waals surface area contributed by atoms with E-state index in [-0.39, 0.29) is 36.7 Å². The Hall–Kier alpha value is -3.93. The summed E-state index contributed by atoms with van der Waals surface area (Å²) in [4.78, 5) is 44.1. The Morgan fingerprint density at radius 1 is 1.02 bits per heavy atom. The summed E-state index contributed by atoms with van der Waals surface area (Å²) >= 11 is 0. The molecule has 0 bridgehead atoms. The first kappa shape index (κ1) is 29.1. The van der Waals surface area contributed by atoms with Gasteiger partial charge >= 0.3 is 18.2 Å². The Bertz CT molecular complexity index is 1290. The summed E-state index contributed by atoms with van der Waals surface area (Å²) in [6.45, 7) is 5.40. The summed E-state index contributed by atoms with van der Waals surface area (Å²) in [6.07, 6.45) is -4.53. The zero-order valence-electron chi connectivity index (χ0n) is 22.1. The second-order valence-electron chi connectivity index (χ2n) is 9.41. The number of piperazine rings is 1. The average Bonchev–Trinajstić information content (AvgIpc) is 2.92. The van der Waals surface area contributed by atoms with Gasteiger partial charge in [0.15, 0.2) is 0 Å². The van der Waals surface area contributed by atoms with E-state index in [2.05, 4.69) is 5.32 Å². The first-order valence-electron chi connectivity index (χ1n) is 13.0. The van der Waals surface area contributed by atoms with Crippen molar-refractivity contribution < 1.29 is 36.7 Å². The molecule has 2 aromatic rings. The minimum atomic E-state index is -4.53. The summed E-state index contributed by atoms with van der Waals surface area (Å²) in [5.41, 5.74) is 0.242. The van der Waals surface area contributed by atoms with Crippen molar-refractivity contribution in [1.82, 2.24) is 20.0 Å². The van der Waals surface area contributed by atoms with Gasteiger partial charge in [-0.2, -0.15) is 13.2 Å². The van der Waals surface area contributed by atoms with E-state index in [9.17, 15) is 31.9 Å². The number of likely N-dealkylation sites (N-methyl/N-ethyl adjacent to an activating group) is 1. The standard InChI is InChI=1S/C28H30F4N4O4/c1-3-36-22(17-34-12-14-35(15-13-34)25(37)19-6-5-7-21(29)16-19)23(26(38)40-4-2)24(33-27(36)39)18-8-10-20(11-9-18)28(30,31)32/h5-11,16,24H,3-4,12-15,17H2,1-2H3,(H,33,39)/t24-/m1/s1. The molecular formula is C28H30F4N4O4. The Balaban J connectivity index is 1.61. The highest BCUT2D eigenvalue weighted by Gasteiger charge is 2.39. The minimum Gasteiger partial charge on any atom is -0.463 e. The van der Waals surface area contributed by atoms with Gasteiger partial charge in [0.1, 0.15) is 5.82 Å². The molecule has 2 aliphatic rings. The van der Waals surface area contributed by atoms with Crippen LogP contribution in [0.5, 0.6) is 0 Å². The number of rotatable bonds is 7.